The molecule has 1 aliphatic heterocycles. The molecule has 0 saturated carbocycles. The molecule has 8 heteroatoms. The van der Waals surface area contributed by atoms with Crippen LogP contribution in [0.4, 0.5) is 18.9 Å². The first-order chi connectivity index (χ1) is 11.3. The summed E-state index contributed by atoms with van der Waals surface area (Å²) >= 11 is 5.90. The van der Waals surface area contributed by atoms with E-state index in [-0.39, 0.29) is 22.5 Å². The molecule has 0 aliphatic carbocycles. The maximum atomic E-state index is 12.8. The number of benzene rings is 1. The van der Waals surface area contributed by atoms with Gasteiger partial charge < -0.3 is 10.2 Å². The van der Waals surface area contributed by atoms with Gasteiger partial charge in [-0.05, 0) is 37.6 Å². The van der Waals surface area contributed by atoms with Crippen LogP contribution in [0.1, 0.15) is 24.8 Å². The van der Waals surface area contributed by atoms with Gasteiger partial charge in [-0.3, -0.25) is 4.79 Å². The zero-order valence-electron chi connectivity index (χ0n) is 12.9. The molecule has 1 fully saturated rings. The van der Waals surface area contributed by atoms with Crippen molar-refractivity contribution in [1.29, 1.82) is 5.26 Å². The summed E-state index contributed by atoms with van der Waals surface area (Å²) < 4.78 is 38.3. The van der Waals surface area contributed by atoms with Crippen LogP contribution in [-0.4, -0.2) is 30.4 Å². The summed E-state index contributed by atoms with van der Waals surface area (Å²) in [4.78, 5) is 14.4. The summed E-state index contributed by atoms with van der Waals surface area (Å²) in [6.45, 7) is 1.89. The third-order valence-corrected chi connectivity index (χ3v) is 4.30. The molecule has 0 radical (unpaired) electrons. The number of nitrogens with one attached hydrogen (secondary N) is 1. The molecule has 1 amide bonds. The molecule has 130 valence electrons. The van der Waals surface area contributed by atoms with Gasteiger partial charge in [0.1, 0.15) is 0 Å². The predicted molar refractivity (Wildman–Crippen MR) is 84.5 cm³/mol. The van der Waals surface area contributed by atoms with Crippen molar-refractivity contribution in [2.24, 2.45) is 5.92 Å². The fourth-order valence-corrected chi connectivity index (χ4v) is 2.88. The number of nitriles is 1. The Bertz CT molecular complexity index is 642. The Morgan fingerprint density at radius 2 is 2.21 bits per heavy atom. The number of anilines is 1. The van der Waals surface area contributed by atoms with E-state index in [4.69, 9.17) is 16.9 Å². The molecule has 1 aliphatic rings. The second-order valence-corrected chi connectivity index (χ2v) is 6.14. The molecule has 0 bridgehead atoms. The lowest BCUT2D eigenvalue weighted by Crippen LogP contribution is -2.41. The van der Waals surface area contributed by atoms with Gasteiger partial charge in [-0.25, -0.2) is 0 Å². The minimum atomic E-state index is -4.50. The first kappa shape index (κ1) is 18.6. The Balaban J connectivity index is 2.05. The van der Waals surface area contributed by atoms with E-state index in [1.807, 2.05) is 4.90 Å². The molecule has 0 aromatic heterocycles. The number of carbonyl (C=O) groups is 1. The number of hydrogen-bond donors (Lipinski definition) is 1. The average Bonchev–Trinajstić information content (AvgIpc) is 2.54. The van der Waals surface area contributed by atoms with Crippen LogP contribution >= 0.6 is 11.6 Å². The molecule has 1 aromatic carbocycles. The van der Waals surface area contributed by atoms with E-state index in [0.717, 1.165) is 31.2 Å². The summed E-state index contributed by atoms with van der Waals surface area (Å²) in [7, 11) is 0. The van der Waals surface area contributed by atoms with E-state index in [9.17, 15) is 18.0 Å². The van der Waals surface area contributed by atoms with Crippen LogP contribution in [0, 0.1) is 17.2 Å². The number of carbonyl (C=O) groups excluding carboxylic acids is 1. The topological polar surface area (TPSA) is 56.1 Å². The van der Waals surface area contributed by atoms with Crippen LogP contribution in [0.2, 0.25) is 5.02 Å². The van der Waals surface area contributed by atoms with Gasteiger partial charge in [0, 0.05) is 19.5 Å². The molecule has 1 heterocycles. The van der Waals surface area contributed by atoms with Gasteiger partial charge in [0.15, 0.2) is 0 Å². The number of hydrogen-bond acceptors (Lipinski definition) is 3. The molecule has 0 spiro atoms. The smallest absolute Gasteiger partial charge is 0.324 e. The molecular weight excluding hydrogens is 343 g/mol. The molecule has 2 rings (SSSR count). The Morgan fingerprint density at radius 3 is 2.88 bits per heavy atom. The molecule has 1 aromatic rings. The van der Waals surface area contributed by atoms with Crippen molar-refractivity contribution in [1.82, 2.24) is 4.90 Å². The summed E-state index contributed by atoms with van der Waals surface area (Å²) in [5, 5.41) is 11.2. The highest BCUT2D eigenvalue weighted by molar-refractivity contribution is 6.33. The van der Waals surface area contributed by atoms with Crippen molar-refractivity contribution in [2.45, 2.75) is 25.4 Å². The molecule has 1 N–H and O–H groups in total. The van der Waals surface area contributed by atoms with Crippen LogP contribution in [0.5, 0.6) is 0 Å². The van der Waals surface area contributed by atoms with E-state index in [0.29, 0.717) is 25.9 Å². The van der Waals surface area contributed by atoms with Gasteiger partial charge in [0.2, 0.25) is 5.91 Å². The number of halogens is 4. The number of amides is 1. The SMILES string of the molecule is N#CCCN1CCCC(C(=O)Nc2cc(C(F)(F)F)ccc2Cl)C1. The molecule has 24 heavy (non-hydrogen) atoms. The van der Waals surface area contributed by atoms with Crippen LogP contribution in [0.3, 0.4) is 0 Å². The highest BCUT2D eigenvalue weighted by atomic mass is 35.5. The molecule has 1 saturated heterocycles. The first-order valence-corrected chi connectivity index (χ1v) is 7.96. The molecular formula is C16H17ClF3N3O. The zero-order valence-corrected chi connectivity index (χ0v) is 13.6. The predicted octanol–water partition coefficient (Wildman–Crippen LogP) is 3.92. The van der Waals surface area contributed by atoms with Crippen molar-refractivity contribution < 1.29 is 18.0 Å². The number of piperidine rings is 1. The van der Waals surface area contributed by atoms with Crippen molar-refractivity contribution in [2.75, 3.05) is 25.0 Å². The Hall–Kier alpha value is -1.78. The molecule has 1 unspecified atom stereocenters. The van der Waals surface area contributed by atoms with Crippen LogP contribution in [-0.2, 0) is 11.0 Å². The fraction of sp³-hybridized carbons (Fsp3) is 0.500. The third-order valence-electron chi connectivity index (χ3n) is 3.97. The lowest BCUT2D eigenvalue weighted by Gasteiger charge is -2.31. The van der Waals surface area contributed by atoms with Crippen LogP contribution < -0.4 is 5.32 Å². The van der Waals surface area contributed by atoms with Crippen molar-refractivity contribution in [3.8, 4) is 6.07 Å². The maximum Gasteiger partial charge on any atom is 0.416 e. The number of likely N-dealkylation sites (tertiary alicyclic amines) is 1. The van der Waals surface area contributed by atoms with Gasteiger partial charge in [-0.15, -0.1) is 0 Å². The van der Waals surface area contributed by atoms with Crippen LogP contribution in [0.15, 0.2) is 18.2 Å². The number of nitrogens with zero attached hydrogens (tertiary/aromatic N) is 2. The quantitative estimate of drug-likeness (QED) is 0.886. The minimum Gasteiger partial charge on any atom is -0.324 e. The standard InChI is InChI=1S/C16H17ClF3N3O/c17-13-5-4-12(16(18,19)20)9-14(13)22-15(24)11-3-1-7-23(10-11)8-2-6-21/h4-5,9,11H,1-3,7-8,10H2,(H,22,24). The van der Waals surface area contributed by atoms with E-state index in [1.165, 1.54) is 0 Å². The fourth-order valence-electron chi connectivity index (χ4n) is 2.71. The lowest BCUT2D eigenvalue weighted by molar-refractivity contribution is -0.137. The highest BCUT2D eigenvalue weighted by Crippen LogP contribution is 2.34. The summed E-state index contributed by atoms with van der Waals surface area (Å²) in [6, 6.07) is 4.91. The minimum absolute atomic E-state index is 0.0364. The summed E-state index contributed by atoms with van der Waals surface area (Å²) in [5.74, 6) is -0.680. The van der Waals surface area contributed by atoms with Crippen molar-refractivity contribution in [3.63, 3.8) is 0 Å². The van der Waals surface area contributed by atoms with Gasteiger partial charge in [-0.1, -0.05) is 11.6 Å². The Kier molecular flexibility index (Phi) is 6.08. The van der Waals surface area contributed by atoms with E-state index in [1.54, 1.807) is 0 Å². The van der Waals surface area contributed by atoms with E-state index < -0.39 is 11.7 Å². The van der Waals surface area contributed by atoms with Crippen molar-refractivity contribution in [3.05, 3.63) is 28.8 Å². The first-order valence-electron chi connectivity index (χ1n) is 7.58. The van der Waals surface area contributed by atoms with E-state index in [2.05, 4.69) is 11.4 Å². The largest absolute Gasteiger partial charge is 0.416 e. The van der Waals surface area contributed by atoms with Crippen LogP contribution in [0.25, 0.3) is 0 Å². The highest BCUT2D eigenvalue weighted by Gasteiger charge is 2.32. The van der Waals surface area contributed by atoms with E-state index >= 15 is 0 Å². The van der Waals surface area contributed by atoms with Gasteiger partial charge in [0.25, 0.3) is 0 Å². The lowest BCUT2D eigenvalue weighted by atomic mass is 9.97. The summed E-state index contributed by atoms with van der Waals surface area (Å²) in [6.07, 6.45) is -2.65. The zero-order chi connectivity index (χ0) is 17.7. The normalized spacial score (nSPS) is 18.9. The van der Waals surface area contributed by atoms with Crippen molar-refractivity contribution >= 4 is 23.2 Å². The van der Waals surface area contributed by atoms with Gasteiger partial charge in [0.05, 0.1) is 28.3 Å². The second kappa shape index (κ2) is 7.86. The average molecular weight is 360 g/mol. The third kappa shape index (κ3) is 4.86. The number of rotatable bonds is 4. The maximum absolute atomic E-state index is 12.8. The monoisotopic (exact) mass is 359 g/mol. The van der Waals surface area contributed by atoms with Gasteiger partial charge in [-0.2, -0.15) is 18.4 Å². The van der Waals surface area contributed by atoms with Gasteiger partial charge >= 0.3 is 6.18 Å². The second-order valence-electron chi connectivity index (χ2n) is 5.73. The Labute approximate surface area is 143 Å². The summed E-state index contributed by atoms with van der Waals surface area (Å²) in [5.41, 5.74) is -0.896. The number of alkyl halides is 3. The molecule has 1 atom stereocenters. The molecule has 4 nitrogen and oxygen atoms in total. The Morgan fingerprint density at radius 1 is 1.46 bits per heavy atom.